The zero-order valence-electron chi connectivity index (χ0n) is 18.7. The van der Waals surface area contributed by atoms with E-state index in [9.17, 15) is 4.79 Å². The number of hydrogen-bond acceptors (Lipinski definition) is 6. The van der Waals surface area contributed by atoms with Crippen molar-refractivity contribution in [2.45, 2.75) is 6.61 Å². The maximum Gasteiger partial charge on any atom is 0.277 e. The Labute approximate surface area is 212 Å². The van der Waals surface area contributed by atoms with Gasteiger partial charge in [-0.1, -0.05) is 47.5 Å². The molecule has 0 fully saturated rings. The lowest BCUT2D eigenvalue weighted by atomic mass is 10.2. The van der Waals surface area contributed by atoms with Gasteiger partial charge in [-0.25, -0.2) is 5.43 Å². The minimum atomic E-state index is -0.400. The molecule has 0 bridgehead atoms. The molecule has 0 saturated heterocycles. The largest absolute Gasteiger partial charge is 0.493 e. The molecule has 0 aliphatic carbocycles. The summed E-state index contributed by atoms with van der Waals surface area (Å²) in [6.45, 7) is 0.0980. The summed E-state index contributed by atoms with van der Waals surface area (Å²) in [5.41, 5.74) is 4.72. The summed E-state index contributed by atoms with van der Waals surface area (Å²) in [6.07, 6.45) is 3.18. The smallest absolute Gasteiger partial charge is 0.277 e. The van der Waals surface area contributed by atoms with Gasteiger partial charge in [0.1, 0.15) is 17.9 Å². The Morgan fingerprint density at radius 1 is 0.971 bits per heavy atom. The molecule has 178 valence electrons. The second-order valence-electron chi connectivity index (χ2n) is 7.36. The second kappa shape index (κ2) is 11.6. The van der Waals surface area contributed by atoms with E-state index in [0.29, 0.717) is 45.0 Å². The molecule has 35 heavy (non-hydrogen) atoms. The molecule has 1 aromatic heterocycles. The fourth-order valence-electron chi connectivity index (χ4n) is 3.22. The van der Waals surface area contributed by atoms with Crippen molar-refractivity contribution in [1.29, 1.82) is 0 Å². The fourth-order valence-corrected chi connectivity index (χ4v) is 3.54. The van der Waals surface area contributed by atoms with Crippen LogP contribution in [-0.2, 0) is 11.4 Å². The minimum Gasteiger partial charge on any atom is -0.493 e. The van der Waals surface area contributed by atoms with Gasteiger partial charge in [-0.2, -0.15) is 5.10 Å². The number of benzene rings is 3. The van der Waals surface area contributed by atoms with Crippen LogP contribution in [-0.4, -0.2) is 30.8 Å². The molecule has 1 heterocycles. The summed E-state index contributed by atoms with van der Waals surface area (Å²) in [5, 5.41) is 5.87. The first kappa shape index (κ1) is 24.3. The number of methoxy groups -OCH3 is 1. The van der Waals surface area contributed by atoms with Gasteiger partial charge in [-0.3, -0.25) is 9.78 Å². The molecule has 0 aliphatic heterocycles. The van der Waals surface area contributed by atoms with Crippen molar-refractivity contribution in [2.75, 3.05) is 13.7 Å². The van der Waals surface area contributed by atoms with Crippen LogP contribution in [0.15, 0.2) is 78.0 Å². The van der Waals surface area contributed by atoms with Crippen LogP contribution in [0.4, 0.5) is 0 Å². The van der Waals surface area contributed by atoms with Gasteiger partial charge in [-0.15, -0.1) is 0 Å². The predicted molar refractivity (Wildman–Crippen MR) is 137 cm³/mol. The highest BCUT2D eigenvalue weighted by Crippen LogP contribution is 2.29. The molecule has 0 spiro atoms. The normalized spacial score (nSPS) is 10.9. The van der Waals surface area contributed by atoms with Gasteiger partial charge in [0.05, 0.1) is 23.4 Å². The number of nitrogens with zero attached hydrogens (tertiary/aromatic N) is 2. The summed E-state index contributed by atoms with van der Waals surface area (Å²) >= 11 is 12.0. The zero-order valence-corrected chi connectivity index (χ0v) is 20.2. The average molecular weight is 510 g/mol. The van der Waals surface area contributed by atoms with Gasteiger partial charge in [-0.05, 0) is 53.6 Å². The predicted octanol–water partition coefficient (Wildman–Crippen LogP) is 5.66. The first-order valence-electron chi connectivity index (χ1n) is 10.6. The van der Waals surface area contributed by atoms with E-state index in [2.05, 4.69) is 15.5 Å². The van der Waals surface area contributed by atoms with Crippen molar-refractivity contribution < 1.29 is 19.0 Å². The van der Waals surface area contributed by atoms with Crippen LogP contribution in [0.1, 0.15) is 11.1 Å². The maximum atomic E-state index is 12.2. The number of rotatable bonds is 9. The van der Waals surface area contributed by atoms with Crippen molar-refractivity contribution in [3.8, 4) is 17.2 Å². The third-order valence-corrected chi connectivity index (χ3v) is 5.66. The Hall–Kier alpha value is -3.81. The lowest BCUT2D eigenvalue weighted by Crippen LogP contribution is -2.24. The maximum absolute atomic E-state index is 12.2. The number of hydrazone groups is 1. The minimum absolute atomic E-state index is 0.197. The number of carbonyl (C=O) groups excluding carboxylic acids is 1. The van der Waals surface area contributed by atoms with Gasteiger partial charge in [0.15, 0.2) is 18.1 Å². The molecule has 4 aromatic rings. The summed E-state index contributed by atoms with van der Waals surface area (Å²) in [7, 11) is 1.55. The molecule has 4 rings (SSSR count). The molecule has 0 unspecified atom stereocenters. The van der Waals surface area contributed by atoms with E-state index in [0.717, 1.165) is 10.9 Å². The van der Waals surface area contributed by atoms with E-state index in [1.807, 2.05) is 30.3 Å². The van der Waals surface area contributed by atoms with Crippen molar-refractivity contribution in [3.63, 3.8) is 0 Å². The summed E-state index contributed by atoms with van der Waals surface area (Å²) in [5.74, 6) is 1.20. The Morgan fingerprint density at radius 2 is 1.83 bits per heavy atom. The van der Waals surface area contributed by atoms with Crippen molar-refractivity contribution in [1.82, 2.24) is 10.4 Å². The standard InChI is InChI=1S/C26H21Cl2N3O4/c1-33-24-13-17(8-10-22(24)34-15-18-7-9-20(27)21(28)12-18)14-30-31-25(32)16-35-23-6-2-4-19-5-3-11-29-26(19)23/h2-14H,15-16H2,1H3,(H,31,32)/b30-14+. The number of aromatic nitrogens is 1. The lowest BCUT2D eigenvalue weighted by Gasteiger charge is -2.12. The average Bonchev–Trinajstić information content (AvgIpc) is 2.88. The van der Waals surface area contributed by atoms with Crippen LogP contribution in [0.3, 0.4) is 0 Å². The number of pyridine rings is 1. The fraction of sp³-hybridized carbons (Fsp3) is 0.115. The third-order valence-electron chi connectivity index (χ3n) is 4.92. The quantitative estimate of drug-likeness (QED) is 0.232. The van der Waals surface area contributed by atoms with Crippen LogP contribution in [0.25, 0.3) is 10.9 Å². The van der Waals surface area contributed by atoms with Crippen molar-refractivity contribution >= 4 is 46.2 Å². The zero-order chi connectivity index (χ0) is 24.6. The van der Waals surface area contributed by atoms with Crippen LogP contribution < -0.4 is 19.6 Å². The molecule has 0 atom stereocenters. The first-order valence-corrected chi connectivity index (χ1v) is 11.3. The summed E-state index contributed by atoms with van der Waals surface area (Å²) in [6, 6.07) is 19.9. The highest BCUT2D eigenvalue weighted by molar-refractivity contribution is 6.42. The number of nitrogens with one attached hydrogen (secondary N) is 1. The van der Waals surface area contributed by atoms with Crippen LogP contribution in [0, 0.1) is 0 Å². The van der Waals surface area contributed by atoms with E-state index in [1.54, 1.807) is 49.7 Å². The Bertz CT molecular complexity index is 1370. The number of halogens is 2. The van der Waals surface area contributed by atoms with E-state index in [-0.39, 0.29) is 6.61 Å². The van der Waals surface area contributed by atoms with Gasteiger partial charge in [0.25, 0.3) is 5.91 Å². The Morgan fingerprint density at radius 3 is 2.66 bits per heavy atom. The van der Waals surface area contributed by atoms with Gasteiger partial charge in [0.2, 0.25) is 0 Å². The number of carbonyl (C=O) groups is 1. The Kier molecular flexibility index (Phi) is 8.03. The molecular formula is C26H21Cl2N3O4. The number of hydrogen-bond donors (Lipinski definition) is 1. The van der Waals surface area contributed by atoms with Gasteiger partial charge >= 0.3 is 0 Å². The molecule has 9 heteroatoms. The SMILES string of the molecule is COc1cc(/C=N/NC(=O)COc2cccc3cccnc23)ccc1OCc1ccc(Cl)c(Cl)c1. The van der Waals surface area contributed by atoms with E-state index >= 15 is 0 Å². The van der Waals surface area contributed by atoms with Crippen LogP contribution in [0.5, 0.6) is 17.2 Å². The van der Waals surface area contributed by atoms with Crippen molar-refractivity contribution in [3.05, 3.63) is 94.1 Å². The topological polar surface area (TPSA) is 82.0 Å². The number of para-hydroxylation sites is 1. The molecule has 1 N–H and O–H groups in total. The molecule has 3 aromatic carbocycles. The monoisotopic (exact) mass is 509 g/mol. The molecule has 7 nitrogen and oxygen atoms in total. The molecular weight excluding hydrogens is 489 g/mol. The van der Waals surface area contributed by atoms with E-state index < -0.39 is 5.91 Å². The van der Waals surface area contributed by atoms with Crippen LogP contribution >= 0.6 is 23.2 Å². The van der Waals surface area contributed by atoms with Crippen molar-refractivity contribution in [2.24, 2.45) is 5.10 Å². The second-order valence-corrected chi connectivity index (χ2v) is 8.17. The summed E-state index contributed by atoms with van der Waals surface area (Å²) < 4.78 is 16.9. The van der Waals surface area contributed by atoms with E-state index in [4.69, 9.17) is 37.4 Å². The van der Waals surface area contributed by atoms with Gasteiger partial charge in [0, 0.05) is 11.6 Å². The number of ether oxygens (including phenoxy) is 3. The first-order chi connectivity index (χ1) is 17.0. The highest BCUT2D eigenvalue weighted by Gasteiger charge is 2.08. The summed E-state index contributed by atoms with van der Waals surface area (Å²) in [4.78, 5) is 16.5. The lowest BCUT2D eigenvalue weighted by molar-refractivity contribution is -0.123. The number of amides is 1. The number of fused-ring (bicyclic) bond motifs is 1. The highest BCUT2D eigenvalue weighted by atomic mass is 35.5. The van der Waals surface area contributed by atoms with Gasteiger partial charge < -0.3 is 14.2 Å². The Balaban J connectivity index is 1.31. The van der Waals surface area contributed by atoms with E-state index in [1.165, 1.54) is 6.21 Å². The third kappa shape index (κ3) is 6.41. The molecule has 1 amide bonds. The van der Waals surface area contributed by atoms with Crippen LogP contribution in [0.2, 0.25) is 10.0 Å². The molecule has 0 saturated carbocycles. The molecule has 0 radical (unpaired) electrons. The molecule has 0 aliphatic rings.